The van der Waals surface area contributed by atoms with E-state index in [1.165, 1.54) is 0 Å². The summed E-state index contributed by atoms with van der Waals surface area (Å²) in [7, 11) is 0. The molecule has 2 aliphatic heterocycles. The Morgan fingerprint density at radius 1 is 1.11 bits per heavy atom. The van der Waals surface area contributed by atoms with Crippen LogP contribution in [0.4, 0.5) is 0 Å². The van der Waals surface area contributed by atoms with Crippen molar-refractivity contribution < 1.29 is 19.1 Å². The second-order valence-corrected chi connectivity index (χ2v) is 7.92. The van der Waals surface area contributed by atoms with Gasteiger partial charge in [-0.1, -0.05) is 0 Å². The third-order valence-electron chi connectivity index (χ3n) is 6.00. The van der Waals surface area contributed by atoms with Crippen LogP contribution in [0.1, 0.15) is 44.9 Å². The van der Waals surface area contributed by atoms with Crippen LogP contribution >= 0.6 is 0 Å². The van der Waals surface area contributed by atoms with Gasteiger partial charge in [0.25, 0.3) is 0 Å². The first-order valence-electron chi connectivity index (χ1n) is 10.3. The van der Waals surface area contributed by atoms with Gasteiger partial charge in [0.05, 0.1) is 5.92 Å². The molecule has 2 amide bonds. The van der Waals surface area contributed by atoms with Gasteiger partial charge in [-0.2, -0.15) is 0 Å². The molecule has 1 saturated carbocycles. The summed E-state index contributed by atoms with van der Waals surface area (Å²) in [6.07, 6.45) is 8.95. The van der Waals surface area contributed by atoms with Crippen molar-refractivity contribution in [1.82, 2.24) is 20.2 Å². The second-order valence-electron chi connectivity index (χ2n) is 7.92. The first-order valence-corrected chi connectivity index (χ1v) is 10.3. The van der Waals surface area contributed by atoms with E-state index in [0.717, 1.165) is 38.5 Å². The molecule has 3 heterocycles. The van der Waals surface area contributed by atoms with E-state index in [2.05, 4.69) is 15.3 Å². The van der Waals surface area contributed by atoms with Crippen LogP contribution in [0.5, 0.6) is 6.01 Å². The maximum Gasteiger partial charge on any atom is 0.316 e. The zero-order chi connectivity index (χ0) is 19.3. The minimum Gasteiger partial charge on any atom is -0.460 e. The van der Waals surface area contributed by atoms with Gasteiger partial charge in [-0.05, 0) is 44.6 Å². The molecule has 1 atom stereocenters. The smallest absolute Gasteiger partial charge is 0.316 e. The van der Waals surface area contributed by atoms with E-state index in [1.54, 1.807) is 18.5 Å². The number of hydrogen-bond acceptors (Lipinski definition) is 6. The number of nitrogens with zero attached hydrogens (tertiary/aromatic N) is 3. The molecule has 0 spiro atoms. The third kappa shape index (κ3) is 4.60. The Labute approximate surface area is 165 Å². The van der Waals surface area contributed by atoms with Crippen LogP contribution < -0.4 is 10.1 Å². The van der Waals surface area contributed by atoms with Crippen LogP contribution in [0.3, 0.4) is 0 Å². The van der Waals surface area contributed by atoms with Crippen molar-refractivity contribution in [3.8, 4) is 6.01 Å². The van der Waals surface area contributed by atoms with Gasteiger partial charge in [-0.25, -0.2) is 9.97 Å². The van der Waals surface area contributed by atoms with Crippen LogP contribution in [0.15, 0.2) is 18.5 Å². The van der Waals surface area contributed by atoms with Gasteiger partial charge in [-0.15, -0.1) is 0 Å². The van der Waals surface area contributed by atoms with Gasteiger partial charge >= 0.3 is 6.01 Å². The average Bonchev–Trinajstić information content (AvgIpc) is 3.13. The lowest BCUT2D eigenvalue weighted by Crippen LogP contribution is -2.44. The van der Waals surface area contributed by atoms with E-state index in [-0.39, 0.29) is 35.9 Å². The lowest BCUT2D eigenvalue weighted by molar-refractivity contribution is -0.131. The maximum absolute atomic E-state index is 12.7. The molecule has 0 radical (unpaired) electrons. The van der Waals surface area contributed by atoms with Crippen LogP contribution in [-0.2, 0) is 14.3 Å². The molecule has 0 unspecified atom stereocenters. The molecule has 0 bridgehead atoms. The molecule has 3 fully saturated rings. The standard InChI is InChI=1S/C20H28N4O4/c25-18-12-14(13-24(18)16-6-10-27-11-7-16)19(26)23-15-2-4-17(5-3-15)28-20-21-8-1-9-22-20/h1,8-9,14-17H,2-7,10-13H2,(H,23,26)/t14-,15?,17?/m0/s1. The lowest BCUT2D eigenvalue weighted by Gasteiger charge is -2.31. The van der Waals surface area contributed by atoms with Crippen molar-refractivity contribution in [3.63, 3.8) is 0 Å². The summed E-state index contributed by atoms with van der Waals surface area (Å²) in [6.45, 7) is 1.94. The molecule has 1 N–H and O–H groups in total. The largest absolute Gasteiger partial charge is 0.460 e. The number of carbonyl (C=O) groups is 2. The second kappa shape index (κ2) is 8.86. The molecule has 1 aromatic rings. The lowest BCUT2D eigenvalue weighted by atomic mass is 9.92. The fourth-order valence-electron chi connectivity index (χ4n) is 4.40. The van der Waals surface area contributed by atoms with Crippen LogP contribution in [-0.4, -0.2) is 64.6 Å². The number of aromatic nitrogens is 2. The van der Waals surface area contributed by atoms with Crippen LogP contribution in [0.2, 0.25) is 0 Å². The Morgan fingerprint density at radius 3 is 2.54 bits per heavy atom. The summed E-state index contributed by atoms with van der Waals surface area (Å²) in [6, 6.07) is 2.55. The first-order chi connectivity index (χ1) is 13.7. The molecule has 1 aliphatic carbocycles. The highest BCUT2D eigenvalue weighted by Gasteiger charge is 2.39. The monoisotopic (exact) mass is 388 g/mol. The summed E-state index contributed by atoms with van der Waals surface area (Å²) in [5.74, 6) is -0.118. The maximum atomic E-state index is 12.7. The molecule has 3 aliphatic rings. The van der Waals surface area contributed by atoms with Crippen molar-refractivity contribution in [2.24, 2.45) is 5.92 Å². The quantitative estimate of drug-likeness (QED) is 0.817. The van der Waals surface area contributed by atoms with Crippen molar-refractivity contribution in [3.05, 3.63) is 18.5 Å². The van der Waals surface area contributed by atoms with E-state index in [0.29, 0.717) is 32.2 Å². The molecule has 0 aromatic carbocycles. The van der Waals surface area contributed by atoms with Gasteiger partial charge in [-0.3, -0.25) is 9.59 Å². The minimum atomic E-state index is -0.234. The molecular weight excluding hydrogens is 360 g/mol. The number of ether oxygens (including phenoxy) is 2. The highest BCUT2D eigenvalue weighted by Crippen LogP contribution is 2.26. The van der Waals surface area contributed by atoms with Gasteiger partial charge in [0.15, 0.2) is 0 Å². The van der Waals surface area contributed by atoms with Crippen LogP contribution in [0, 0.1) is 5.92 Å². The highest BCUT2D eigenvalue weighted by atomic mass is 16.5. The van der Waals surface area contributed by atoms with Gasteiger partial charge < -0.3 is 19.7 Å². The molecular formula is C20H28N4O4. The first kappa shape index (κ1) is 19.1. The van der Waals surface area contributed by atoms with E-state index in [1.807, 2.05) is 4.90 Å². The Balaban J connectivity index is 1.22. The summed E-state index contributed by atoms with van der Waals surface area (Å²) in [4.78, 5) is 35.2. The zero-order valence-electron chi connectivity index (χ0n) is 16.1. The summed E-state index contributed by atoms with van der Waals surface area (Å²) in [5.41, 5.74) is 0. The van der Waals surface area contributed by atoms with E-state index >= 15 is 0 Å². The molecule has 1 aromatic heterocycles. The molecule has 152 valence electrons. The summed E-state index contributed by atoms with van der Waals surface area (Å²) in [5, 5.41) is 3.16. The molecule has 4 rings (SSSR count). The van der Waals surface area contributed by atoms with E-state index < -0.39 is 0 Å². The average molecular weight is 388 g/mol. The number of amides is 2. The summed E-state index contributed by atoms with van der Waals surface area (Å²) >= 11 is 0. The normalized spacial score (nSPS) is 28.9. The van der Waals surface area contributed by atoms with Gasteiger partial charge in [0.2, 0.25) is 11.8 Å². The number of likely N-dealkylation sites (tertiary alicyclic amines) is 1. The Bertz CT molecular complexity index is 672. The number of carbonyl (C=O) groups excluding carboxylic acids is 2. The van der Waals surface area contributed by atoms with Crippen molar-refractivity contribution in [2.75, 3.05) is 19.8 Å². The zero-order valence-corrected chi connectivity index (χ0v) is 16.1. The minimum absolute atomic E-state index is 0.0127. The van der Waals surface area contributed by atoms with Crippen LogP contribution in [0.25, 0.3) is 0 Å². The Kier molecular flexibility index (Phi) is 6.04. The third-order valence-corrected chi connectivity index (χ3v) is 6.00. The topological polar surface area (TPSA) is 93.7 Å². The molecule has 8 heteroatoms. The molecule has 8 nitrogen and oxygen atoms in total. The van der Waals surface area contributed by atoms with Gasteiger partial charge in [0.1, 0.15) is 6.10 Å². The predicted octanol–water partition coefficient (Wildman–Crippen LogP) is 1.31. The fraction of sp³-hybridized carbons (Fsp3) is 0.700. The van der Waals surface area contributed by atoms with E-state index in [4.69, 9.17) is 9.47 Å². The summed E-state index contributed by atoms with van der Waals surface area (Å²) < 4.78 is 11.2. The predicted molar refractivity (Wildman–Crippen MR) is 101 cm³/mol. The fourth-order valence-corrected chi connectivity index (χ4v) is 4.40. The number of rotatable bonds is 5. The van der Waals surface area contributed by atoms with Crippen molar-refractivity contribution >= 4 is 11.8 Å². The number of nitrogens with one attached hydrogen (secondary N) is 1. The van der Waals surface area contributed by atoms with E-state index in [9.17, 15) is 9.59 Å². The van der Waals surface area contributed by atoms with Crippen molar-refractivity contribution in [2.45, 2.75) is 63.1 Å². The SMILES string of the molecule is O=C(NC1CCC(Oc2ncccn2)CC1)[C@H]1CC(=O)N(C2CCOCC2)C1. The highest BCUT2D eigenvalue weighted by molar-refractivity contribution is 5.89. The molecule has 2 saturated heterocycles. The number of hydrogen-bond donors (Lipinski definition) is 1. The molecule has 28 heavy (non-hydrogen) atoms. The van der Waals surface area contributed by atoms with Crippen molar-refractivity contribution in [1.29, 1.82) is 0 Å². The van der Waals surface area contributed by atoms with Gasteiger partial charge in [0, 0.05) is 50.7 Å². The Hall–Kier alpha value is -2.22. The Morgan fingerprint density at radius 2 is 1.82 bits per heavy atom.